The molecule has 13 heteroatoms. The summed E-state index contributed by atoms with van der Waals surface area (Å²) in [6, 6.07) is 3.26. The molecule has 5 atom stereocenters. The van der Waals surface area contributed by atoms with Crippen molar-refractivity contribution >= 4 is 40.9 Å². The average molecular weight is 544 g/mol. The quantitative estimate of drug-likeness (QED) is 0.0715. The Balaban J connectivity index is 2.20. The Kier molecular flexibility index (Phi) is 12.4. The maximum atomic E-state index is 13.5. The van der Waals surface area contributed by atoms with E-state index in [9.17, 15) is 24.3 Å². The van der Waals surface area contributed by atoms with Crippen LogP contribution in [0.1, 0.15) is 38.7 Å². The highest BCUT2D eigenvalue weighted by Crippen LogP contribution is 2.19. The number of carbonyl (C=O) groups is 3. The summed E-state index contributed by atoms with van der Waals surface area (Å²) in [6.07, 6.45) is 4.89. The molecule has 1 aromatic heterocycles. The van der Waals surface area contributed by atoms with E-state index < -0.39 is 48.5 Å². The number of H-pyrrole nitrogens is 1. The Hall–Kier alpha value is -3.97. The molecule has 0 unspecified atom stereocenters. The van der Waals surface area contributed by atoms with Crippen molar-refractivity contribution in [3.63, 3.8) is 0 Å². The van der Waals surface area contributed by atoms with Crippen LogP contribution in [-0.2, 0) is 25.6 Å². The number of aliphatic hydroxyl groups is 1. The molecule has 0 saturated carbocycles. The highest BCUT2D eigenvalue weighted by atomic mass is 16.3. The Bertz CT molecular complexity index is 1140. The van der Waals surface area contributed by atoms with Crippen molar-refractivity contribution in [1.82, 2.24) is 26.3 Å². The van der Waals surface area contributed by atoms with E-state index in [2.05, 4.69) is 26.3 Å². The minimum atomic E-state index is -1.22. The molecule has 1 aromatic carbocycles. The summed E-state index contributed by atoms with van der Waals surface area (Å²) in [4.78, 5) is 53.7. The van der Waals surface area contributed by atoms with Crippen LogP contribution < -0.4 is 32.7 Å². The number of amides is 3. The summed E-state index contributed by atoms with van der Waals surface area (Å²) < 4.78 is 0. The Labute approximate surface area is 227 Å². The molecule has 0 aliphatic carbocycles. The number of nitrogens with two attached hydrogens (primary N) is 2. The summed E-state index contributed by atoms with van der Waals surface area (Å²) >= 11 is 0. The number of rotatable bonds is 16. The molecule has 0 aliphatic heterocycles. The first-order valence-corrected chi connectivity index (χ1v) is 12.9. The first-order chi connectivity index (χ1) is 18.6. The predicted molar refractivity (Wildman–Crippen MR) is 147 cm³/mol. The van der Waals surface area contributed by atoms with Gasteiger partial charge in [-0.1, -0.05) is 38.5 Å². The van der Waals surface area contributed by atoms with Crippen molar-refractivity contribution in [2.24, 2.45) is 17.4 Å². The number of aromatic amines is 1. The van der Waals surface area contributed by atoms with E-state index in [0.29, 0.717) is 19.4 Å². The lowest BCUT2D eigenvalue weighted by molar-refractivity contribution is -0.133. The third-order valence-corrected chi connectivity index (χ3v) is 6.50. The molecule has 11 N–H and O–H groups in total. The molecule has 2 rings (SSSR count). The lowest BCUT2D eigenvalue weighted by Gasteiger charge is -2.28. The number of guanidine groups is 1. The summed E-state index contributed by atoms with van der Waals surface area (Å²) in [6.45, 7) is 3.39. The standard InChI is InChI=1S/C26H39N8O5/c1-3-15(2)22(25(39)32-17(13-35)7-6-10-30-26(28)29)34-24(38)21(33-23(37)19(27)14-36)11-16-12-31-20-9-5-4-8-18(16)20/h4-5,8-9,12,15,17,19,21-22,31,36H,3,6-7,10-11,14,27H2,1-2H3,(H,32,39)(H,33,37)(H,34,38)(H4,28,29,30)/t15-,17-,19-,21-,22-/m0/s1. The number of aromatic nitrogens is 1. The van der Waals surface area contributed by atoms with Gasteiger partial charge in [0.2, 0.25) is 24.0 Å². The van der Waals surface area contributed by atoms with Gasteiger partial charge in [0, 0.05) is 30.1 Å². The van der Waals surface area contributed by atoms with Gasteiger partial charge in [0.15, 0.2) is 5.96 Å². The van der Waals surface area contributed by atoms with E-state index >= 15 is 0 Å². The Morgan fingerprint density at radius 1 is 1.13 bits per heavy atom. The number of carbonyl (C=O) groups excluding carboxylic acids is 4. The van der Waals surface area contributed by atoms with Crippen molar-refractivity contribution in [1.29, 1.82) is 5.41 Å². The largest absolute Gasteiger partial charge is 0.394 e. The van der Waals surface area contributed by atoms with Crippen molar-refractivity contribution in [2.45, 2.75) is 63.7 Å². The SMILES string of the molecule is CC[C@H](C)[C@H](NC(=O)[C@H](Cc1c[nH]c2ccccc12)NC(=O)[C@@H](N)CO)C(=O)N[C@H]([C]=O)CCCNC(=N)N. The van der Waals surface area contributed by atoms with Crippen molar-refractivity contribution in [3.8, 4) is 0 Å². The highest BCUT2D eigenvalue weighted by molar-refractivity contribution is 5.94. The molecule has 1 radical (unpaired) electrons. The molecule has 0 aliphatic rings. The maximum absolute atomic E-state index is 13.5. The first kappa shape index (κ1) is 31.2. The molecule has 2 aromatic rings. The lowest BCUT2D eigenvalue weighted by atomic mass is 9.96. The topological polar surface area (TPSA) is 228 Å². The zero-order valence-electron chi connectivity index (χ0n) is 22.3. The predicted octanol–water partition coefficient (Wildman–Crippen LogP) is -1.10. The van der Waals surface area contributed by atoms with Gasteiger partial charge in [0.1, 0.15) is 18.1 Å². The number of para-hydroxylation sites is 1. The van der Waals surface area contributed by atoms with E-state index in [1.54, 1.807) is 19.4 Å². The number of benzene rings is 1. The van der Waals surface area contributed by atoms with E-state index in [0.717, 1.165) is 16.5 Å². The third kappa shape index (κ3) is 9.37. The zero-order chi connectivity index (χ0) is 28.9. The van der Waals surface area contributed by atoms with Crippen molar-refractivity contribution in [3.05, 3.63) is 36.0 Å². The van der Waals surface area contributed by atoms with Gasteiger partial charge in [0.25, 0.3) is 0 Å². The second-order valence-electron chi connectivity index (χ2n) is 9.45. The van der Waals surface area contributed by atoms with Gasteiger partial charge in [-0.2, -0.15) is 0 Å². The van der Waals surface area contributed by atoms with E-state index in [-0.39, 0.29) is 24.7 Å². The van der Waals surface area contributed by atoms with Gasteiger partial charge >= 0.3 is 0 Å². The molecule has 0 saturated heterocycles. The van der Waals surface area contributed by atoms with Gasteiger partial charge in [-0.05, 0) is 30.4 Å². The molecule has 0 bridgehead atoms. The molecule has 13 nitrogen and oxygen atoms in total. The maximum Gasteiger partial charge on any atom is 0.243 e. The smallest absolute Gasteiger partial charge is 0.243 e. The highest BCUT2D eigenvalue weighted by Gasteiger charge is 2.32. The number of hydrogen-bond donors (Lipinski definition) is 9. The fourth-order valence-corrected chi connectivity index (χ4v) is 4.00. The van der Waals surface area contributed by atoms with E-state index in [1.807, 2.05) is 31.2 Å². The molecule has 39 heavy (non-hydrogen) atoms. The van der Waals surface area contributed by atoms with Crippen LogP contribution in [0.4, 0.5) is 0 Å². The fourth-order valence-electron chi connectivity index (χ4n) is 4.00. The van der Waals surface area contributed by atoms with Gasteiger partial charge < -0.3 is 42.8 Å². The summed E-state index contributed by atoms with van der Waals surface area (Å²) in [7, 11) is 0. The summed E-state index contributed by atoms with van der Waals surface area (Å²) in [5.41, 5.74) is 12.5. The van der Waals surface area contributed by atoms with Gasteiger partial charge in [-0.3, -0.25) is 24.6 Å². The normalized spacial score (nSPS) is 14.9. The summed E-state index contributed by atoms with van der Waals surface area (Å²) in [5.74, 6) is -2.38. The molecule has 3 amide bonds. The number of fused-ring (bicyclic) bond motifs is 1. The number of nitrogens with one attached hydrogen (secondary N) is 6. The van der Waals surface area contributed by atoms with Gasteiger partial charge in [-0.15, -0.1) is 0 Å². The van der Waals surface area contributed by atoms with Crippen LogP contribution in [-0.4, -0.2) is 77.4 Å². The van der Waals surface area contributed by atoms with Crippen LogP contribution in [0.5, 0.6) is 0 Å². The molecule has 0 spiro atoms. The monoisotopic (exact) mass is 543 g/mol. The van der Waals surface area contributed by atoms with Gasteiger partial charge in [0.05, 0.1) is 12.6 Å². The van der Waals surface area contributed by atoms with Crippen LogP contribution in [0.3, 0.4) is 0 Å². The zero-order valence-corrected chi connectivity index (χ0v) is 22.3. The minimum absolute atomic E-state index is 0.0997. The first-order valence-electron chi connectivity index (χ1n) is 12.9. The van der Waals surface area contributed by atoms with Crippen LogP contribution in [0.2, 0.25) is 0 Å². The van der Waals surface area contributed by atoms with Crippen LogP contribution in [0.25, 0.3) is 10.9 Å². The van der Waals surface area contributed by atoms with Crippen LogP contribution in [0.15, 0.2) is 30.5 Å². The van der Waals surface area contributed by atoms with Crippen LogP contribution >= 0.6 is 0 Å². The second-order valence-corrected chi connectivity index (χ2v) is 9.45. The molecular formula is C26H39N8O5. The third-order valence-electron chi connectivity index (χ3n) is 6.50. The van der Waals surface area contributed by atoms with Gasteiger partial charge in [-0.25, -0.2) is 0 Å². The molecule has 213 valence electrons. The summed E-state index contributed by atoms with van der Waals surface area (Å²) in [5, 5.41) is 27.9. The van der Waals surface area contributed by atoms with Crippen molar-refractivity contribution < 1.29 is 24.3 Å². The molecule has 1 heterocycles. The Morgan fingerprint density at radius 2 is 1.85 bits per heavy atom. The lowest BCUT2D eigenvalue weighted by Crippen LogP contribution is -2.59. The van der Waals surface area contributed by atoms with E-state index in [1.165, 1.54) is 0 Å². The van der Waals surface area contributed by atoms with Crippen molar-refractivity contribution in [2.75, 3.05) is 13.2 Å². The van der Waals surface area contributed by atoms with E-state index in [4.69, 9.17) is 16.9 Å². The average Bonchev–Trinajstić information content (AvgIpc) is 3.34. The molecular weight excluding hydrogens is 504 g/mol. The Morgan fingerprint density at radius 3 is 2.49 bits per heavy atom. The fraction of sp³-hybridized carbons (Fsp3) is 0.500. The number of hydrogen-bond acceptors (Lipinski definition) is 7. The minimum Gasteiger partial charge on any atom is -0.394 e. The molecule has 0 fully saturated rings. The second kappa shape index (κ2) is 15.4. The number of aliphatic hydroxyl groups excluding tert-OH is 1. The van der Waals surface area contributed by atoms with Crippen LogP contribution in [0, 0.1) is 11.3 Å².